The normalized spacial score (nSPS) is 31.0. The van der Waals surface area contributed by atoms with Crippen LogP contribution in [-0.4, -0.2) is 22.6 Å². The highest BCUT2D eigenvalue weighted by Gasteiger charge is 2.48. The Kier molecular flexibility index (Phi) is 3.08. The molecule has 116 valence electrons. The zero-order chi connectivity index (χ0) is 15.3. The minimum Gasteiger partial charge on any atom is -0.508 e. The summed E-state index contributed by atoms with van der Waals surface area (Å²) in [7, 11) is 0. The van der Waals surface area contributed by atoms with Crippen LogP contribution in [0.25, 0.3) is 0 Å². The van der Waals surface area contributed by atoms with Gasteiger partial charge in [0, 0.05) is 18.2 Å². The Bertz CT molecular complexity index is 679. The predicted molar refractivity (Wildman–Crippen MR) is 85.8 cm³/mol. The third kappa shape index (κ3) is 1.99. The lowest BCUT2D eigenvalue weighted by atomic mass is 9.59. The zero-order valence-electron chi connectivity index (χ0n) is 13.2. The van der Waals surface area contributed by atoms with Crippen LogP contribution in [0.1, 0.15) is 37.0 Å². The van der Waals surface area contributed by atoms with Gasteiger partial charge >= 0.3 is 0 Å². The fourth-order valence-electron chi connectivity index (χ4n) is 4.51. The van der Waals surface area contributed by atoms with Crippen LogP contribution in [0.2, 0.25) is 0 Å². The van der Waals surface area contributed by atoms with Crippen LogP contribution in [0.5, 0.6) is 5.75 Å². The van der Waals surface area contributed by atoms with E-state index in [1.54, 1.807) is 6.26 Å². The molecule has 1 aliphatic carbocycles. The number of benzene rings is 1. The van der Waals surface area contributed by atoms with E-state index in [4.69, 9.17) is 4.42 Å². The Morgan fingerprint density at radius 2 is 2.23 bits per heavy atom. The highest BCUT2D eigenvalue weighted by molar-refractivity contribution is 5.44. The third-order valence-electron chi connectivity index (χ3n) is 6.07. The van der Waals surface area contributed by atoms with Gasteiger partial charge in [-0.25, -0.2) is 0 Å². The maximum Gasteiger partial charge on any atom is 0.115 e. The molecule has 0 saturated carbocycles. The molecule has 4 rings (SSSR count). The monoisotopic (exact) mass is 297 g/mol. The molecule has 1 N–H and O–H groups in total. The first kappa shape index (κ1) is 13.9. The number of rotatable bonds is 2. The summed E-state index contributed by atoms with van der Waals surface area (Å²) in [5, 5.41) is 9.89. The van der Waals surface area contributed by atoms with Crippen LogP contribution >= 0.6 is 0 Å². The molecular formula is C19H23NO2. The van der Waals surface area contributed by atoms with Crippen LogP contribution in [0.4, 0.5) is 0 Å². The Morgan fingerprint density at radius 1 is 1.36 bits per heavy atom. The van der Waals surface area contributed by atoms with Gasteiger partial charge in [-0.1, -0.05) is 19.9 Å². The summed E-state index contributed by atoms with van der Waals surface area (Å²) in [6.45, 7) is 6.82. The summed E-state index contributed by atoms with van der Waals surface area (Å²) >= 11 is 0. The lowest BCUT2D eigenvalue weighted by molar-refractivity contribution is 0.0257. The number of phenolic OH excluding ortho intramolecular Hbond substituents is 1. The molecule has 22 heavy (non-hydrogen) atoms. The molecule has 3 heteroatoms. The van der Waals surface area contributed by atoms with E-state index in [0.29, 0.717) is 17.7 Å². The smallest absolute Gasteiger partial charge is 0.115 e. The van der Waals surface area contributed by atoms with Crippen molar-refractivity contribution in [3.05, 3.63) is 53.5 Å². The number of piperidine rings is 1. The first-order valence-electron chi connectivity index (χ1n) is 8.15. The summed E-state index contributed by atoms with van der Waals surface area (Å²) in [5.41, 5.74) is 4.19. The van der Waals surface area contributed by atoms with E-state index >= 15 is 0 Å². The zero-order valence-corrected chi connectivity index (χ0v) is 13.2. The molecule has 1 aromatic carbocycles. The molecule has 2 aromatic rings. The molecule has 1 fully saturated rings. The van der Waals surface area contributed by atoms with Gasteiger partial charge in [0.05, 0.1) is 12.5 Å². The number of fused-ring (bicyclic) bond motifs is 4. The van der Waals surface area contributed by atoms with Crippen molar-refractivity contribution in [1.82, 2.24) is 4.90 Å². The van der Waals surface area contributed by atoms with Crippen molar-refractivity contribution in [2.45, 2.75) is 44.7 Å². The molecule has 1 aliphatic heterocycles. The Morgan fingerprint density at radius 3 is 3.00 bits per heavy atom. The fraction of sp³-hybridized carbons (Fsp3) is 0.474. The Hall–Kier alpha value is -1.74. The number of likely N-dealkylation sites (tertiary alicyclic amines) is 1. The molecule has 1 aromatic heterocycles. The summed E-state index contributed by atoms with van der Waals surface area (Å²) in [5.74, 6) is 0.980. The first-order valence-corrected chi connectivity index (χ1v) is 8.15. The lowest BCUT2D eigenvalue weighted by Crippen LogP contribution is -2.57. The molecule has 0 radical (unpaired) electrons. The average molecular weight is 297 g/mol. The number of furan rings is 1. The van der Waals surface area contributed by atoms with Crippen molar-refractivity contribution in [3.8, 4) is 5.75 Å². The Balaban J connectivity index is 1.69. The SMILES string of the molecule is C[C@H]1C2Cc3ccc(O)cc3[C@@]1(C)CCN2Cc1ccoc1. The van der Waals surface area contributed by atoms with E-state index in [1.807, 2.05) is 18.4 Å². The molecule has 1 saturated heterocycles. The van der Waals surface area contributed by atoms with Gasteiger partial charge < -0.3 is 9.52 Å². The maximum absolute atomic E-state index is 9.89. The third-order valence-corrected chi connectivity index (χ3v) is 6.07. The molecule has 1 unspecified atom stereocenters. The molecule has 0 amide bonds. The average Bonchev–Trinajstić information content (AvgIpc) is 3.00. The molecule has 2 heterocycles. The minimum atomic E-state index is 0.171. The van der Waals surface area contributed by atoms with E-state index in [-0.39, 0.29) is 5.41 Å². The molecule has 3 atom stereocenters. The number of phenols is 1. The van der Waals surface area contributed by atoms with E-state index < -0.39 is 0 Å². The van der Waals surface area contributed by atoms with Gasteiger partial charge in [0.2, 0.25) is 0 Å². The van der Waals surface area contributed by atoms with Crippen LogP contribution < -0.4 is 0 Å². The quantitative estimate of drug-likeness (QED) is 0.918. The molecule has 2 aliphatic rings. The molecule has 2 bridgehead atoms. The van der Waals surface area contributed by atoms with Crippen molar-refractivity contribution in [3.63, 3.8) is 0 Å². The van der Waals surface area contributed by atoms with Crippen molar-refractivity contribution < 1.29 is 9.52 Å². The van der Waals surface area contributed by atoms with Gasteiger partial charge in [0.1, 0.15) is 5.75 Å². The maximum atomic E-state index is 9.89. The number of hydrogen-bond donors (Lipinski definition) is 1. The molecule has 0 spiro atoms. The second-order valence-corrected chi connectivity index (χ2v) is 7.17. The predicted octanol–water partition coefficient (Wildman–Crippen LogP) is 3.71. The summed E-state index contributed by atoms with van der Waals surface area (Å²) in [6.07, 6.45) is 5.82. The van der Waals surface area contributed by atoms with Gasteiger partial charge in [0.15, 0.2) is 0 Å². The lowest BCUT2D eigenvalue weighted by Gasteiger charge is -2.54. The Labute approximate surface area is 131 Å². The van der Waals surface area contributed by atoms with E-state index in [0.717, 1.165) is 25.9 Å². The largest absolute Gasteiger partial charge is 0.508 e. The minimum absolute atomic E-state index is 0.171. The molecule has 3 nitrogen and oxygen atoms in total. The standard InChI is InChI=1S/C19H23NO2/c1-13-18-9-15-3-4-16(21)10-17(15)19(13,2)6-7-20(18)11-14-5-8-22-12-14/h3-5,8,10,12-13,18,21H,6-7,9,11H2,1-2H3/t13-,18?,19-/m0/s1. The van der Waals surface area contributed by atoms with Crippen molar-refractivity contribution in [2.75, 3.05) is 6.54 Å². The fourth-order valence-corrected chi connectivity index (χ4v) is 4.51. The van der Waals surface area contributed by atoms with Crippen LogP contribution in [-0.2, 0) is 18.4 Å². The van der Waals surface area contributed by atoms with E-state index in [9.17, 15) is 5.11 Å². The topological polar surface area (TPSA) is 36.6 Å². The number of hydrogen-bond acceptors (Lipinski definition) is 3. The molecular weight excluding hydrogens is 274 g/mol. The van der Waals surface area contributed by atoms with Crippen molar-refractivity contribution in [1.29, 1.82) is 0 Å². The highest BCUT2D eigenvalue weighted by Crippen LogP contribution is 2.49. The van der Waals surface area contributed by atoms with E-state index in [1.165, 1.54) is 16.7 Å². The van der Waals surface area contributed by atoms with Crippen LogP contribution in [0, 0.1) is 5.92 Å². The van der Waals surface area contributed by atoms with Gasteiger partial charge in [-0.3, -0.25) is 4.90 Å². The van der Waals surface area contributed by atoms with Gasteiger partial charge in [-0.2, -0.15) is 0 Å². The summed E-state index contributed by atoms with van der Waals surface area (Å²) < 4.78 is 5.22. The second-order valence-electron chi connectivity index (χ2n) is 7.17. The van der Waals surface area contributed by atoms with Gasteiger partial charge in [-0.15, -0.1) is 0 Å². The summed E-state index contributed by atoms with van der Waals surface area (Å²) in [6, 6.07) is 8.56. The van der Waals surface area contributed by atoms with Crippen LogP contribution in [0.15, 0.2) is 41.2 Å². The van der Waals surface area contributed by atoms with E-state index in [2.05, 4.69) is 30.9 Å². The van der Waals surface area contributed by atoms with Crippen molar-refractivity contribution in [2.24, 2.45) is 5.92 Å². The first-order chi connectivity index (χ1) is 10.6. The summed E-state index contributed by atoms with van der Waals surface area (Å²) in [4.78, 5) is 2.60. The van der Waals surface area contributed by atoms with Crippen LogP contribution in [0.3, 0.4) is 0 Å². The van der Waals surface area contributed by atoms with Crippen molar-refractivity contribution >= 4 is 0 Å². The number of nitrogens with zero attached hydrogens (tertiary/aromatic N) is 1. The number of aromatic hydroxyl groups is 1. The second kappa shape index (κ2) is 4.88. The van der Waals surface area contributed by atoms with Gasteiger partial charge in [0.25, 0.3) is 0 Å². The highest BCUT2D eigenvalue weighted by atomic mass is 16.3. The van der Waals surface area contributed by atoms with Gasteiger partial charge in [-0.05, 0) is 60.0 Å².